The fourth-order valence-electron chi connectivity index (χ4n) is 5.27. The van der Waals surface area contributed by atoms with Crippen LogP contribution in [0.3, 0.4) is 0 Å². The maximum atomic E-state index is 13.5. The quantitative estimate of drug-likeness (QED) is 0.227. The number of nitrogens with zero attached hydrogens (tertiary/aromatic N) is 3. The number of carbonyl (C=O) groups is 1. The van der Waals surface area contributed by atoms with E-state index in [1.165, 1.54) is 0 Å². The molecule has 0 N–H and O–H groups in total. The van der Waals surface area contributed by atoms with Gasteiger partial charge in [0, 0.05) is 61.2 Å². The monoisotopic (exact) mass is 481 g/mol. The van der Waals surface area contributed by atoms with Crippen LogP contribution in [-0.4, -0.2) is 33.4 Å². The van der Waals surface area contributed by atoms with Gasteiger partial charge in [-0.15, -0.1) is 0 Å². The molecular formula is C30H31N3O3. The van der Waals surface area contributed by atoms with E-state index in [0.29, 0.717) is 18.9 Å². The molecule has 1 fully saturated rings. The van der Waals surface area contributed by atoms with Gasteiger partial charge >= 0.3 is 0 Å². The highest BCUT2D eigenvalue weighted by Gasteiger charge is 2.27. The van der Waals surface area contributed by atoms with Crippen LogP contribution in [0.4, 0.5) is 5.69 Å². The number of likely N-dealkylation sites (tertiary alicyclic amines) is 1. The number of benzene rings is 3. The van der Waals surface area contributed by atoms with E-state index < -0.39 is 0 Å². The van der Waals surface area contributed by atoms with Crippen molar-refractivity contribution >= 4 is 22.5 Å². The lowest BCUT2D eigenvalue weighted by atomic mass is 9.87. The van der Waals surface area contributed by atoms with E-state index in [2.05, 4.69) is 29.8 Å². The van der Waals surface area contributed by atoms with Gasteiger partial charge in [0.25, 0.3) is 5.69 Å². The van der Waals surface area contributed by atoms with Gasteiger partial charge in [-0.05, 0) is 41.5 Å². The second kappa shape index (κ2) is 10.4. The van der Waals surface area contributed by atoms with Crippen LogP contribution in [0.2, 0.25) is 0 Å². The third-order valence-corrected chi connectivity index (χ3v) is 7.39. The number of aromatic nitrogens is 1. The van der Waals surface area contributed by atoms with Crippen molar-refractivity contribution in [1.82, 2.24) is 9.47 Å². The van der Waals surface area contributed by atoms with Gasteiger partial charge in [-0.1, -0.05) is 67.6 Å². The average molecular weight is 482 g/mol. The molecular weight excluding hydrogens is 450 g/mol. The van der Waals surface area contributed by atoms with Crippen LogP contribution < -0.4 is 0 Å². The first kappa shape index (κ1) is 23.8. The summed E-state index contributed by atoms with van der Waals surface area (Å²) in [4.78, 5) is 26.8. The van der Waals surface area contributed by atoms with Crippen molar-refractivity contribution in [3.05, 3.63) is 112 Å². The highest BCUT2D eigenvalue weighted by molar-refractivity contribution is 5.88. The van der Waals surface area contributed by atoms with E-state index in [1.807, 2.05) is 59.5 Å². The topological polar surface area (TPSA) is 68.4 Å². The summed E-state index contributed by atoms with van der Waals surface area (Å²) in [6.45, 7) is 4.48. The second-order valence-corrected chi connectivity index (χ2v) is 9.89. The number of nitro benzene ring substituents is 1. The van der Waals surface area contributed by atoms with Gasteiger partial charge in [0.2, 0.25) is 5.91 Å². The molecule has 0 spiro atoms. The first-order valence-corrected chi connectivity index (χ1v) is 12.6. The summed E-state index contributed by atoms with van der Waals surface area (Å²) in [5, 5.41) is 12.5. The Hall–Kier alpha value is -3.93. The summed E-state index contributed by atoms with van der Waals surface area (Å²) in [6, 6.07) is 25.3. The number of hydrogen-bond acceptors (Lipinski definition) is 3. The Labute approximate surface area is 211 Å². The van der Waals surface area contributed by atoms with Crippen LogP contribution in [-0.2, 0) is 11.3 Å². The van der Waals surface area contributed by atoms with E-state index in [-0.39, 0.29) is 22.4 Å². The Morgan fingerprint density at radius 3 is 2.33 bits per heavy atom. The SMILES string of the molecule is CC1CCN(C(=O)CC(c2ccccc2)c2cn(Cc3ccccc3)c3ccc([N+](=O)[O-])cc23)CC1. The number of carbonyl (C=O) groups excluding carboxylic acids is 1. The normalized spacial score (nSPS) is 15.2. The van der Waals surface area contributed by atoms with Crippen molar-refractivity contribution < 1.29 is 9.72 Å². The number of non-ortho nitro benzene ring substituents is 1. The zero-order valence-corrected chi connectivity index (χ0v) is 20.5. The van der Waals surface area contributed by atoms with Crippen molar-refractivity contribution in [3.63, 3.8) is 0 Å². The molecule has 0 saturated carbocycles. The number of piperidine rings is 1. The summed E-state index contributed by atoms with van der Waals surface area (Å²) in [5.41, 5.74) is 4.13. The fraction of sp³-hybridized carbons (Fsp3) is 0.300. The Morgan fingerprint density at radius 2 is 1.67 bits per heavy atom. The predicted molar refractivity (Wildman–Crippen MR) is 142 cm³/mol. The number of nitro groups is 1. The largest absolute Gasteiger partial charge is 0.343 e. The Bertz CT molecular complexity index is 1360. The molecule has 1 aliphatic rings. The van der Waals surface area contributed by atoms with Gasteiger partial charge in [-0.2, -0.15) is 0 Å². The first-order chi connectivity index (χ1) is 17.5. The molecule has 1 aromatic heterocycles. The van der Waals surface area contributed by atoms with Crippen molar-refractivity contribution in [2.75, 3.05) is 13.1 Å². The zero-order chi connectivity index (χ0) is 25.1. The number of fused-ring (bicyclic) bond motifs is 1. The molecule has 0 aliphatic carbocycles. The van der Waals surface area contributed by atoms with Gasteiger partial charge in [-0.3, -0.25) is 14.9 Å². The third-order valence-electron chi connectivity index (χ3n) is 7.39. The molecule has 4 aromatic rings. The standard InChI is InChI=1S/C30H31N3O3/c1-22-14-16-31(17-15-22)30(34)19-26(24-10-6-3-7-11-24)28-21-32(20-23-8-4-2-5-9-23)29-13-12-25(33(35)36)18-27(28)29/h2-13,18,21-22,26H,14-17,19-20H2,1H3. The number of hydrogen-bond donors (Lipinski definition) is 0. The average Bonchev–Trinajstić information content (AvgIpc) is 3.25. The summed E-state index contributed by atoms with van der Waals surface area (Å²) < 4.78 is 2.15. The Balaban J connectivity index is 1.59. The summed E-state index contributed by atoms with van der Waals surface area (Å²) in [5.74, 6) is 0.597. The van der Waals surface area contributed by atoms with Gasteiger partial charge < -0.3 is 9.47 Å². The number of amides is 1. The molecule has 1 aliphatic heterocycles. The van der Waals surface area contributed by atoms with E-state index in [9.17, 15) is 14.9 Å². The molecule has 0 bridgehead atoms. The van der Waals surface area contributed by atoms with Crippen molar-refractivity contribution in [2.24, 2.45) is 5.92 Å². The van der Waals surface area contributed by atoms with E-state index in [0.717, 1.165) is 53.5 Å². The van der Waals surface area contributed by atoms with Crippen LogP contribution in [0.5, 0.6) is 0 Å². The molecule has 6 heteroatoms. The molecule has 2 heterocycles. The molecule has 36 heavy (non-hydrogen) atoms. The Kier molecular flexibility index (Phi) is 6.85. The van der Waals surface area contributed by atoms with Crippen LogP contribution in [0.25, 0.3) is 10.9 Å². The van der Waals surface area contributed by atoms with Crippen molar-refractivity contribution in [3.8, 4) is 0 Å². The molecule has 0 radical (unpaired) electrons. The molecule has 1 saturated heterocycles. The maximum Gasteiger partial charge on any atom is 0.270 e. The fourth-order valence-corrected chi connectivity index (χ4v) is 5.27. The maximum absolute atomic E-state index is 13.5. The minimum Gasteiger partial charge on any atom is -0.343 e. The summed E-state index contributed by atoms with van der Waals surface area (Å²) in [6.07, 6.45) is 4.49. The lowest BCUT2D eigenvalue weighted by Crippen LogP contribution is -2.38. The van der Waals surface area contributed by atoms with Gasteiger partial charge in [-0.25, -0.2) is 0 Å². The lowest BCUT2D eigenvalue weighted by Gasteiger charge is -2.31. The van der Waals surface area contributed by atoms with E-state index in [1.54, 1.807) is 12.1 Å². The molecule has 1 amide bonds. The van der Waals surface area contributed by atoms with Gasteiger partial charge in [0.15, 0.2) is 0 Å². The highest BCUT2D eigenvalue weighted by Crippen LogP contribution is 2.37. The molecule has 1 atom stereocenters. The van der Waals surface area contributed by atoms with Crippen molar-refractivity contribution in [1.29, 1.82) is 0 Å². The predicted octanol–water partition coefficient (Wildman–Crippen LogP) is 6.38. The van der Waals surface area contributed by atoms with Crippen LogP contribution in [0.15, 0.2) is 85.1 Å². The Morgan fingerprint density at radius 1 is 1.00 bits per heavy atom. The summed E-state index contributed by atoms with van der Waals surface area (Å²) in [7, 11) is 0. The van der Waals surface area contributed by atoms with E-state index >= 15 is 0 Å². The van der Waals surface area contributed by atoms with Crippen LogP contribution in [0, 0.1) is 16.0 Å². The summed E-state index contributed by atoms with van der Waals surface area (Å²) >= 11 is 0. The van der Waals surface area contributed by atoms with Crippen molar-refractivity contribution in [2.45, 2.75) is 38.6 Å². The van der Waals surface area contributed by atoms with E-state index in [4.69, 9.17) is 0 Å². The van der Waals surface area contributed by atoms with Gasteiger partial charge in [0.1, 0.15) is 0 Å². The third kappa shape index (κ3) is 5.03. The van der Waals surface area contributed by atoms with Crippen LogP contribution in [0.1, 0.15) is 48.8 Å². The second-order valence-electron chi connectivity index (χ2n) is 9.89. The smallest absolute Gasteiger partial charge is 0.270 e. The highest BCUT2D eigenvalue weighted by atomic mass is 16.6. The molecule has 184 valence electrons. The lowest BCUT2D eigenvalue weighted by molar-refractivity contribution is -0.384. The van der Waals surface area contributed by atoms with Crippen LogP contribution >= 0.6 is 0 Å². The minimum atomic E-state index is -0.352. The number of rotatable bonds is 7. The van der Waals surface area contributed by atoms with Gasteiger partial charge in [0.05, 0.1) is 4.92 Å². The minimum absolute atomic E-state index is 0.0596. The molecule has 6 nitrogen and oxygen atoms in total. The molecule has 1 unspecified atom stereocenters. The first-order valence-electron chi connectivity index (χ1n) is 12.6. The molecule has 5 rings (SSSR count). The molecule has 3 aromatic carbocycles. The zero-order valence-electron chi connectivity index (χ0n) is 20.5.